The SMILES string of the molecule is O=C(N/N=C/c1ccc(OCC(O)CNC2CCCC2)c2ccccc12)c1ccc(O)c(Cl)c1. The number of halogens is 1. The van der Waals surface area contributed by atoms with Crippen LogP contribution in [0, 0.1) is 0 Å². The first-order chi connectivity index (χ1) is 16.5. The van der Waals surface area contributed by atoms with Gasteiger partial charge in [-0.2, -0.15) is 5.10 Å². The van der Waals surface area contributed by atoms with Crippen molar-refractivity contribution in [1.29, 1.82) is 0 Å². The average Bonchev–Trinajstić information content (AvgIpc) is 3.37. The number of hydrazone groups is 1. The zero-order valence-corrected chi connectivity index (χ0v) is 19.5. The van der Waals surface area contributed by atoms with Crippen LogP contribution in [0.1, 0.15) is 41.6 Å². The Morgan fingerprint density at radius 3 is 2.68 bits per heavy atom. The van der Waals surface area contributed by atoms with Gasteiger partial charge in [0.2, 0.25) is 0 Å². The van der Waals surface area contributed by atoms with E-state index in [1.165, 1.54) is 43.9 Å². The van der Waals surface area contributed by atoms with Crippen LogP contribution in [-0.4, -0.2) is 47.6 Å². The third-order valence-electron chi connectivity index (χ3n) is 5.93. The minimum absolute atomic E-state index is 0.0897. The quantitative estimate of drug-likeness (QED) is 0.270. The second kappa shape index (κ2) is 11.3. The van der Waals surface area contributed by atoms with Crippen molar-refractivity contribution in [2.24, 2.45) is 5.10 Å². The van der Waals surface area contributed by atoms with Crippen molar-refractivity contribution in [1.82, 2.24) is 10.7 Å². The van der Waals surface area contributed by atoms with E-state index in [4.69, 9.17) is 16.3 Å². The summed E-state index contributed by atoms with van der Waals surface area (Å²) >= 11 is 5.86. The predicted octanol–water partition coefficient (Wildman–Crippen LogP) is 4.23. The zero-order chi connectivity index (χ0) is 23.9. The summed E-state index contributed by atoms with van der Waals surface area (Å²) in [5, 5.41) is 29.2. The normalized spacial score (nSPS) is 15.1. The number of phenolic OH excluding ortho intramolecular Hbond substituents is 1. The number of nitrogens with zero attached hydrogens (tertiary/aromatic N) is 1. The monoisotopic (exact) mass is 481 g/mol. The van der Waals surface area contributed by atoms with Gasteiger partial charge >= 0.3 is 0 Å². The molecule has 178 valence electrons. The van der Waals surface area contributed by atoms with Crippen LogP contribution in [0.25, 0.3) is 10.8 Å². The number of benzene rings is 3. The van der Waals surface area contributed by atoms with Crippen molar-refractivity contribution >= 4 is 34.5 Å². The number of hydrogen-bond donors (Lipinski definition) is 4. The highest BCUT2D eigenvalue weighted by molar-refractivity contribution is 6.32. The second-order valence-electron chi connectivity index (χ2n) is 8.42. The summed E-state index contributed by atoms with van der Waals surface area (Å²) in [7, 11) is 0. The van der Waals surface area contributed by atoms with Crippen molar-refractivity contribution < 1.29 is 19.7 Å². The minimum atomic E-state index is -0.593. The number of aliphatic hydroxyl groups is 1. The zero-order valence-electron chi connectivity index (χ0n) is 18.7. The molecule has 3 aromatic carbocycles. The number of ether oxygens (including phenoxy) is 1. The summed E-state index contributed by atoms with van der Waals surface area (Å²) in [6, 6.07) is 16.1. The van der Waals surface area contributed by atoms with Crippen LogP contribution < -0.4 is 15.5 Å². The lowest BCUT2D eigenvalue weighted by Crippen LogP contribution is -2.36. The maximum atomic E-state index is 12.3. The molecule has 1 saturated carbocycles. The first kappa shape index (κ1) is 24.0. The number of carbonyl (C=O) groups is 1. The van der Waals surface area contributed by atoms with Gasteiger partial charge in [0.25, 0.3) is 5.91 Å². The number of nitrogens with one attached hydrogen (secondary N) is 2. The predicted molar refractivity (Wildman–Crippen MR) is 134 cm³/mol. The molecule has 0 aliphatic heterocycles. The standard InChI is InChI=1S/C26H28ClN3O4/c27-23-13-17(9-11-24(23)32)26(33)30-29-14-18-10-12-25(22-8-4-3-7-21(18)22)34-16-20(31)15-28-19-5-1-2-6-19/h3-4,7-14,19-20,28,31-32H,1-2,5-6,15-16H2,(H,30,33)/b29-14+. The van der Waals surface area contributed by atoms with Crippen LogP contribution in [0.2, 0.25) is 5.02 Å². The second-order valence-corrected chi connectivity index (χ2v) is 8.83. The maximum Gasteiger partial charge on any atom is 0.271 e. The van der Waals surface area contributed by atoms with Gasteiger partial charge in [0, 0.05) is 29.1 Å². The maximum absolute atomic E-state index is 12.3. The van der Waals surface area contributed by atoms with Crippen LogP contribution in [0.3, 0.4) is 0 Å². The lowest BCUT2D eigenvalue weighted by Gasteiger charge is -2.17. The number of phenols is 1. The summed E-state index contributed by atoms with van der Waals surface area (Å²) in [5.74, 6) is 0.145. The van der Waals surface area contributed by atoms with E-state index in [9.17, 15) is 15.0 Å². The Bertz CT molecular complexity index is 1180. The number of carbonyl (C=O) groups excluding carboxylic acids is 1. The van der Waals surface area contributed by atoms with E-state index < -0.39 is 12.0 Å². The van der Waals surface area contributed by atoms with E-state index in [1.54, 1.807) is 6.21 Å². The first-order valence-corrected chi connectivity index (χ1v) is 11.8. The number of rotatable bonds is 9. The Morgan fingerprint density at radius 2 is 1.91 bits per heavy atom. The summed E-state index contributed by atoms with van der Waals surface area (Å²) in [4.78, 5) is 12.3. The molecule has 34 heavy (non-hydrogen) atoms. The van der Waals surface area contributed by atoms with Gasteiger partial charge < -0.3 is 20.3 Å². The summed E-state index contributed by atoms with van der Waals surface area (Å²) in [6.45, 7) is 0.710. The molecule has 1 aliphatic rings. The fourth-order valence-electron chi connectivity index (χ4n) is 4.08. The molecular formula is C26H28ClN3O4. The summed E-state index contributed by atoms with van der Waals surface area (Å²) < 4.78 is 5.94. The average molecular weight is 482 g/mol. The van der Waals surface area contributed by atoms with Gasteiger partial charge in [-0.05, 0) is 48.6 Å². The van der Waals surface area contributed by atoms with Crippen molar-refractivity contribution in [2.75, 3.05) is 13.2 Å². The molecule has 4 rings (SSSR count). The lowest BCUT2D eigenvalue weighted by molar-refractivity contribution is 0.0955. The Hall–Kier alpha value is -3.13. The molecule has 0 bridgehead atoms. The van der Waals surface area contributed by atoms with Crippen LogP contribution in [0.4, 0.5) is 0 Å². The first-order valence-electron chi connectivity index (χ1n) is 11.4. The molecule has 1 amide bonds. The highest BCUT2D eigenvalue weighted by Crippen LogP contribution is 2.28. The fourth-order valence-corrected chi connectivity index (χ4v) is 4.26. The molecule has 1 aliphatic carbocycles. The van der Waals surface area contributed by atoms with Crippen molar-refractivity contribution in [3.63, 3.8) is 0 Å². The smallest absolute Gasteiger partial charge is 0.271 e. The number of fused-ring (bicyclic) bond motifs is 1. The van der Waals surface area contributed by atoms with Gasteiger partial charge in [-0.3, -0.25) is 4.79 Å². The highest BCUT2D eigenvalue weighted by Gasteiger charge is 2.16. The third kappa shape index (κ3) is 6.05. The molecule has 4 N–H and O–H groups in total. The van der Waals surface area contributed by atoms with Crippen molar-refractivity contribution in [3.8, 4) is 11.5 Å². The molecule has 0 saturated heterocycles. The van der Waals surface area contributed by atoms with E-state index >= 15 is 0 Å². The van der Waals surface area contributed by atoms with Gasteiger partial charge in [-0.15, -0.1) is 0 Å². The third-order valence-corrected chi connectivity index (χ3v) is 6.23. The largest absolute Gasteiger partial charge is 0.506 e. The Kier molecular flexibility index (Phi) is 8.00. The Labute approximate surface area is 203 Å². The lowest BCUT2D eigenvalue weighted by atomic mass is 10.0. The molecule has 0 heterocycles. The van der Waals surface area contributed by atoms with Crippen LogP contribution in [0.5, 0.6) is 11.5 Å². The van der Waals surface area contributed by atoms with Crippen molar-refractivity contribution in [3.05, 3.63) is 70.7 Å². The molecule has 1 atom stereocenters. The summed E-state index contributed by atoms with van der Waals surface area (Å²) in [6.07, 6.45) is 5.81. The molecule has 1 fully saturated rings. The molecule has 1 unspecified atom stereocenters. The minimum Gasteiger partial charge on any atom is -0.506 e. The number of aromatic hydroxyl groups is 1. The molecule has 3 aromatic rings. The fraction of sp³-hybridized carbons (Fsp3) is 0.308. The van der Waals surface area contributed by atoms with Gasteiger partial charge in [-0.1, -0.05) is 48.7 Å². The van der Waals surface area contributed by atoms with E-state index in [2.05, 4.69) is 15.8 Å². The van der Waals surface area contributed by atoms with E-state index in [-0.39, 0.29) is 22.9 Å². The Balaban J connectivity index is 1.39. The molecule has 8 heteroatoms. The molecule has 0 spiro atoms. The number of aliphatic hydroxyl groups excluding tert-OH is 1. The van der Waals surface area contributed by atoms with Gasteiger partial charge in [0.1, 0.15) is 24.2 Å². The number of amides is 1. The Morgan fingerprint density at radius 1 is 1.15 bits per heavy atom. The van der Waals surface area contributed by atoms with Gasteiger partial charge in [0.15, 0.2) is 0 Å². The van der Waals surface area contributed by atoms with Crippen LogP contribution in [-0.2, 0) is 0 Å². The topological polar surface area (TPSA) is 103 Å². The van der Waals surface area contributed by atoms with Crippen LogP contribution >= 0.6 is 11.6 Å². The van der Waals surface area contributed by atoms with Crippen LogP contribution in [0.15, 0.2) is 59.7 Å². The molecule has 7 nitrogen and oxygen atoms in total. The van der Waals surface area contributed by atoms with E-state index in [1.807, 2.05) is 36.4 Å². The van der Waals surface area contributed by atoms with E-state index in [0.717, 1.165) is 16.3 Å². The molecular weight excluding hydrogens is 454 g/mol. The number of hydrogen-bond acceptors (Lipinski definition) is 6. The van der Waals surface area contributed by atoms with Crippen molar-refractivity contribution in [2.45, 2.75) is 37.8 Å². The van der Waals surface area contributed by atoms with Gasteiger partial charge in [0.05, 0.1) is 11.2 Å². The highest BCUT2D eigenvalue weighted by atomic mass is 35.5. The van der Waals surface area contributed by atoms with Gasteiger partial charge in [-0.25, -0.2) is 5.43 Å². The molecule has 0 radical (unpaired) electrons. The van der Waals surface area contributed by atoms with E-state index in [0.29, 0.717) is 18.3 Å². The molecule has 0 aromatic heterocycles. The summed E-state index contributed by atoms with van der Waals surface area (Å²) in [5.41, 5.74) is 3.56.